The van der Waals surface area contributed by atoms with Gasteiger partial charge in [0.05, 0.1) is 27.0 Å². The van der Waals surface area contributed by atoms with Gasteiger partial charge in [-0.1, -0.05) is 18.2 Å². The Kier molecular flexibility index (Phi) is 7.70. The zero-order chi connectivity index (χ0) is 24.7. The van der Waals surface area contributed by atoms with Crippen LogP contribution in [0.4, 0.5) is 10.5 Å². The van der Waals surface area contributed by atoms with Crippen molar-refractivity contribution in [2.75, 3.05) is 39.8 Å². The number of benzene rings is 2. The number of carbonyl (C=O) groups is 4. The van der Waals surface area contributed by atoms with Crippen LogP contribution in [0.1, 0.15) is 5.56 Å². The molecule has 0 unspecified atom stereocenters. The van der Waals surface area contributed by atoms with Gasteiger partial charge in [-0.2, -0.15) is 0 Å². The molecular formula is C23H23N3O8. The topological polar surface area (TPSA) is 132 Å². The van der Waals surface area contributed by atoms with Crippen LogP contribution < -0.4 is 24.8 Å². The average Bonchev–Trinajstić information content (AvgIpc) is 3.10. The summed E-state index contributed by atoms with van der Waals surface area (Å²) in [7, 11) is 4.13. The Morgan fingerprint density at radius 3 is 2.44 bits per heavy atom. The third-order valence-electron chi connectivity index (χ3n) is 4.72. The lowest BCUT2D eigenvalue weighted by molar-refractivity contribution is -0.143. The molecule has 0 saturated carbocycles. The fourth-order valence-corrected chi connectivity index (χ4v) is 3.05. The molecule has 11 heteroatoms. The van der Waals surface area contributed by atoms with E-state index in [4.69, 9.17) is 14.2 Å². The molecule has 3 rings (SSSR count). The summed E-state index contributed by atoms with van der Waals surface area (Å²) in [5, 5.41) is 5.07. The van der Waals surface area contributed by atoms with Crippen LogP contribution in [0.15, 0.2) is 48.2 Å². The zero-order valence-electron chi connectivity index (χ0n) is 18.7. The predicted molar refractivity (Wildman–Crippen MR) is 120 cm³/mol. The van der Waals surface area contributed by atoms with E-state index < -0.39 is 30.4 Å². The highest BCUT2D eigenvalue weighted by Gasteiger charge is 2.35. The van der Waals surface area contributed by atoms with E-state index in [1.165, 1.54) is 27.4 Å². The van der Waals surface area contributed by atoms with Crippen molar-refractivity contribution in [2.24, 2.45) is 0 Å². The quantitative estimate of drug-likeness (QED) is 0.323. The molecule has 0 radical (unpaired) electrons. The smallest absolute Gasteiger partial charge is 0.343 e. The van der Waals surface area contributed by atoms with Gasteiger partial charge in [0.2, 0.25) is 5.91 Å². The average molecular weight is 469 g/mol. The van der Waals surface area contributed by atoms with Crippen LogP contribution in [0.2, 0.25) is 0 Å². The van der Waals surface area contributed by atoms with Crippen molar-refractivity contribution in [2.45, 2.75) is 0 Å². The minimum Gasteiger partial charge on any atom is -0.495 e. The molecule has 1 heterocycles. The normalized spacial score (nSPS) is 14.0. The number of esters is 1. The molecule has 0 bridgehead atoms. The number of amides is 4. The first-order valence-electron chi connectivity index (χ1n) is 10.0. The van der Waals surface area contributed by atoms with Crippen molar-refractivity contribution >= 4 is 35.6 Å². The third kappa shape index (κ3) is 5.63. The van der Waals surface area contributed by atoms with Gasteiger partial charge >= 0.3 is 12.0 Å². The molecule has 1 aliphatic heterocycles. The minimum atomic E-state index is -0.726. The summed E-state index contributed by atoms with van der Waals surface area (Å²) in [6, 6.07) is 10.8. The summed E-state index contributed by atoms with van der Waals surface area (Å²) in [6.07, 6.45) is 1.44. The first-order chi connectivity index (χ1) is 16.4. The Morgan fingerprint density at radius 2 is 1.74 bits per heavy atom. The van der Waals surface area contributed by atoms with E-state index in [1.807, 2.05) is 0 Å². The van der Waals surface area contributed by atoms with Gasteiger partial charge in [-0.05, 0) is 35.9 Å². The molecule has 1 aliphatic rings. The van der Waals surface area contributed by atoms with Crippen molar-refractivity contribution in [3.8, 4) is 17.2 Å². The molecule has 0 spiro atoms. The minimum absolute atomic E-state index is 0.0135. The highest BCUT2D eigenvalue weighted by atomic mass is 16.6. The molecule has 0 aliphatic carbocycles. The monoisotopic (exact) mass is 469 g/mol. The van der Waals surface area contributed by atoms with E-state index in [1.54, 1.807) is 42.5 Å². The summed E-state index contributed by atoms with van der Waals surface area (Å²) in [4.78, 5) is 49.5. The van der Waals surface area contributed by atoms with Gasteiger partial charge in [-0.15, -0.1) is 0 Å². The van der Waals surface area contributed by atoms with Crippen LogP contribution in [-0.4, -0.2) is 63.2 Å². The molecule has 2 aromatic carbocycles. The Bertz CT molecular complexity index is 1140. The number of rotatable bonds is 9. The molecule has 2 aromatic rings. The Labute approximate surface area is 195 Å². The molecule has 1 saturated heterocycles. The van der Waals surface area contributed by atoms with E-state index in [0.29, 0.717) is 28.5 Å². The maximum Gasteiger partial charge on any atom is 0.343 e. The van der Waals surface area contributed by atoms with Gasteiger partial charge in [-0.25, -0.2) is 14.5 Å². The van der Waals surface area contributed by atoms with E-state index in [0.717, 1.165) is 4.90 Å². The maximum atomic E-state index is 12.7. The lowest BCUT2D eigenvalue weighted by atomic mass is 10.1. The third-order valence-corrected chi connectivity index (χ3v) is 4.72. The number of nitrogens with zero attached hydrogens (tertiary/aromatic N) is 1. The highest BCUT2D eigenvalue weighted by molar-refractivity contribution is 6.16. The first kappa shape index (κ1) is 24.1. The van der Waals surface area contributed by atoms with Crippen LogP contribution in [0.5, 0.6) is 17.2 Å². The molecule has 4 amide bonds. The number of carbonyl (C=O) groups excluding carboxylic acids is 4. The highest BCUT2D eigenvalue weighted by Crippen LogP contribution is 2.29. The van der Waals surface area contributed by atoms with Crippen LogP contribution in [0, 0.1) is 0 Å². The standard InChI is InChI=1S/C23H23N3O8/c1-31-17-7-5-4-6-15(17)24-20(27)12-26-22(29)16(25-23(26)30)10-14-8-9-18(19(11-14)32-2)34-13-21(28)33-3/h4-11H,12-13H2,1-3H3,(H,24,27)(H,25,30)/b16-10+. The van der Waals surface area contributed by atoms with Gasteiger partial charge in [0, 0.05) is 0 Å². The fraction of sp³-hybridized carbons (Fsp3) is 0.217. The number of imide groups is 1. The number of hydrogen-bond acceptors (Lipinski definition) is 8. The van der Waals surface area contributed by atoms with Crippen molar-refractivity contribution in [1.29, 1.82) is 0 Å². The van der Waals surface area contributed by atoms with Crippen LogP contribution in [0.25, 0.3) is 6.08 Å². The summed E-state index contributed by atoms with van der Waals surface area (Å²) in [5.41, 5.74) is 0.922. The van der Waals surface area contributed by atoms with Crippen molar-refractivity contribution in [3.05, 3.63) is 53.7 Å². The SMILES string of the molecule is COC(=O)COc1ccc(/C=C2/NC(=O)N(CC(=O)Nc3ccccc3OC)C2=O)cc1OC. The largest absolute Gasteiger partial charge is 0.495 e. The van der Waals surface area contributed by atoms with E-state index in [-0.39, 0.29) is 12.3 Å². The van der Waals surface area contributed by atoms with Gasteiger partial charge in [-0.3, -0.25) is 9.59 Å². The van der Waals surface area contributed by atoms with E-state index in [9.17, 15) is 19.2 Å². The summed E-state index contributed by atoms with van der Waals surface area (Å²) in [5.74, 6) is -0.730. The molecule has 2 N–H and O–H groups in total. The summed E-state index contributed by atoms with van der Waals surface area (Å²) < 4.78 is 20.3. The summed E-state index contributed by atoms with van der Waals surface area (Å²) >= 11 is 0. The molecule has 11 nitrogen and oxygen atoms in total. The van der Waals surface area contributed by atoms with Crippen molar-refractivity contribution in [3.63, 3.8) is 0 Å². The van der Waals surface area contributed by atoms with E-state index >= 15 is 0 Å². The van der Waals surface area contributed by atoms with Gasteiger partial charge in [0.1, 0.15) is 18.0 Å². The maximum absolute atomic E-state index is 12.7. The Balaban J connectivity index is 1.70. The number of nitrogens with one attached hydrogen (secondary N) is 2. The first-order valence-corrected chi connectivity index (χ1v) is 10.0. The number of para-hydroxylation sites is 2. The Hall–Kier alpha value is -4.54. The van der Waals surface area contributed by atoms with Crippen LogP contribution in [-0.2, 0) is 19.1 Å². The van der Waals surface area contributed by atoms with Gasteiger partial charge < -0.3 is 29.6 Å². The Morgan fingerprint density at radius 1 is 1.00 bits per heavy atom. The second-order valence-corrected chi connectivity index (χ2v) is 6.90. The predicted octanol–water partition coefficient (Wildman–Crippen LogP) is 1.79. The van der Waals surface area contributed by atoms with Gasteiger partial charge in [0.15, 0.2) is 18.1 Å². The van der Waals surface area contributed by atoms with Crippen molar-refractivity contribution in [1.82, 2.24) is 10.2 Å². The number of ether oxygens (including phenoxy) is 4. The number of methoxy groups -OCH3 is 3. The zero-order valence-corrected chi connectivity index (χ0v) is 18.7. The number of urea groups is 1. The molecular weight excluding hydrogens is 446 g/mol. The van der Waals surface area contributed by atoms with Crippen LogP contribution >= 0.6 is 0 Å². The number of hydrogen-bond donors (Lipinski definition) is 2. The van der Waals surface area contributed by atoms with Crippen LogP contribution in [0.3, 0.4) is 0 Å². The lowest BCUT2D eigenvalue weighted by Crippen LogP contribution is -2.38. The molecule has 0 atom stereocenters. The van der Waals surface area contributed by atoms with Crippen molar-refractivity contribution < 1.29 is 38.1 Å². The summed E-state index contributed by atoms with van der Waals surface area (Å²) in [6.45, 7) is -0.780. The second-order valence-electron chi connectivity index (χ2n) is 6.90. The number of anilines is 1. The molecule has 1 fully saturated rings. The lowest BCUT2D eigenvalue weighted by Gasteiger charge is -2.13. The fourth-order valence-electron chi connectivity index (χ4n) is 3.05. The molecule has 178 valence electrons. The molecule has 34 heavy (non-hydrogen) atoms. The second kappa shape index (κ2) is 10.9. The van der Waals surface area contributed by atoms with E-state index in [2.05, 4.69) is 15.4 Å². The van der Waals surface area contributed by atoms with Gasteiger partial charge in [0.25, 0.3) is 5.91 Å². The molecule has 0 aromatic heterocycles.